The first kappa shape index (κ1) is 16.7. The second-order valence-corrected chi connectivity index (χ2v) is 5.25. The van der Waals surface area contributed by atoms with Crippen molar-refractivity contribution >= 4 is 34.1 Å². The van der Waals surface area contributed by atoms with Crippen LogP contribution in [0, 0.1) is 0 Å². The monoisotopic (exact) mass is 294 g/mol. The van der Waals surface area contributed by atoms with Gasteiger partial charge in [-0.1, -0.05) is 12.1 Å². The van der Waals surface area contributed by atoms with Crippen LogP contribution in [0.2, 0.25) is 0 Å². The van der Waals surface area contributed by atoms with Crippen molar-refractivity contribution in [1.29, 1.82) is 0 Å². The predicted octanol–water partition coefficient (Wildman–Crippen LogP) is 0.653. The summed E-state index contributed by atoms with van der Waals surface area (Å²) in [7, 11) is -2.12. The van der Waals surface area contributed by atoms with E-state index in [1.807, 2.05) is 0 Å². The number of carbonyl (C=O) groups is 1. The number of carbonyl (C=O) groups excluding carboxylic acids is 1. The van der Waals surface area contributed by atoms with E-state index in [1.165, 1.54) is 13.2 Å². The highest BCUT2D eigenvalue weighted by molar-refractivity contribution is 7.92. The molecular weight excluding hydrogens is 280 g/mol. The minimum atomic E-state index is -3.35. The maximum absolute atomic E-state index is 11.2. The molecular formula is C10H15ClN2O4S. The summed E-state index contributed by atoms with van der Waals surface area (Å²) in [4.78, 5) is 11.2. The van der Waals surface area contributed by atoms with E-state index in [0.29, 0.717) is 11.3 Å². The summed E-state index contributed by atoms with van der Waals surface area (Å²) in [6.07, 6.45) is 1.04. The fraction of sp³-hybridized carbons (Fsp3) is 0.300. The first-order valence-corrected chi connectivity index (χ1v) is 6.64. The lowest BCUT2D eigenvalue weighted by atomic mass is 10.1. The molecule has 18 heavy (non-hydrogen) atoms. The number of ether oxygens (including phenoxy) is 1. The molecule has 0 spiro atoms. The number of rotatable bonds is 4. The van der Waals surface area contributed by atoms with Crippen molar-refractivity contribution in [3.05, 3.63) is 29.8 Å². The minimum absolute atomic E-state index is 0. The van der Waals surface area contributed by atoms with E-state index >= 15 is 0 Å². The SMILES string of the molecule is COC(=O)[C@H](N)c1cccc(NS(C)(=O)=O)c1.Cl. The first-order valence-electron chi connectivity index (χ1n) is 4.74. The number of hydrogen-bond acceptors (Lipinski definition) is 5. The molecule has 0 saturated carbocycles. The Morgan fingerprint density at radius 1 is 1.44 bits per heavy atom. The molecule has 0 aliphatic heterocycles. The van der Waals surface area contributed by atoms with E-state index in [1.54, 1.807) is 18.2 Å². The zero-order valence-corrected chi connectivity index (χ0v) is 11.5. The van der Waals surface area contributed by atoms with Gasteiger partial charge in [-0.2, -0.15) is 0 Å². The standard InChI is InChI=1S/C10H14N2O4S.ClH/c1-16-10(13)9(11)7-4-3-5-8(6-7)12-17(2,14)15;/h3-6,9,12H,11H2,1-2H3;1H/t9-;/m1./s1. The van der Waals surface area contributed by atoms with Crippen molar-refractivity contribution in [2.24, 2.45) is 5.73 Å². The summed E-state index contributed by atoms with van der Waals surface area (Å²) in [6, 6.07) is 5.35. The van der Waals surface area contributed by atoms with Crippen molar-refractivity contribution < 1.29 is 17.9 Å². The molecule has 1 aromatic carbocycles. The highest BCUT2D eigenvalue weighted by Gasteiger charge is 2.16. The van der Waals surface area contributed by atoms with Gasteiger partial charge in [0, 0.05) is 5.69 Å². The largest absolute Gasteiger partial charge is 0.468 e. The number of sulfonamides is 1. The van der Waals surface area contributed by atoms with Gasteiger partial charge in [-0.3, -0.25) is 9.52 Å². The van der Waals surface area contributed by atoms with E-state index in [-0.39, 0.29) is 12.4 Å². The first-order chi connectivity index (χ1) is 7.83. The van der Waals surface area contributed by atoms with Gasteiger partial charge in [0.05, 0.1) is 13.4 Å². The van der Waals surface area contributed by atoms with Gasteiger partial charge in [0.2, 0.25) is 10.0 Å². The molecule has 0 aromatic heterocycles. The van der Waals surface area contributed by atoms with Crippen molar-refractivity contribution in [3.8, 4) is 0 Å². The van der Waals surface area contributed by atoms with Gasteiger partial charge in [-0.25, -0.2) is 8.42 Å². The molecule has 0 radical (unpaired) electrons. The van der Waals surface area contributed by atoms with E-state index < -0.39 is 22.0 Å². The lowest BCUT2D eigenvalue weighted by Crippen LogP contribution is -2.22. The van der Waals surface area contributed by atoms with Gasteiger partial charge in [0.1, 0.15) is 6.04 Å². The fourth-order valence-electron chi connectivity index (χ4n) is 1.27. The number of hydrogen-bond donors (Lipinski definition) is 2. The Balaban J connectivity index is 0.00000289. The van der Waals surface area contributed by atoms with Crippen molar-refractivity contribution in [2.45, 2.75) is 6.04 Å². The summed E-state index contributed by atoms with van der Waals surface area (Å²) < 4.78 is 28.9. The van der Waals surface area contributed by atoms with Crippen LogP contribution in [-0.4, -0.2) is 27.8 Å². The molecule has 1 aromatic rings. The average molecular weight is 295 g/mol. The molecule has 1 rings (SSSR count). The molecule has 0 unspecified atom stereocenters. The second kappa shape index (κ2) is 6.58. The third-order valence-corrected chi connectivity index (χ3v) is 2.61. The number of anilines is 1. The molecule has 0 saturated heterocycles. The van der Waals surface area contributed by atoms with Crippen molar-refractivity contribution in [2.75, 3.05) is 18.1 Å². The van der Waals surface area contributed by atoms with Gasteiger partial charge in [0.15, 0.2) is 0 Å². The van der Waals surface area contributed by atoms with Crippen LogP contribution in [0.25, 0.3) is 0 Å². The summed E-state index contributed by atoms with van der Waals surface area (Å²) in [6.45, 7) is 0. The van der Waals surface area contributed by atoms with Gasteiger partial charge in [-0.15, -0.1) is 12.4 Å². The predicted molar refractivity (Wildman–Crippen MR) is 71.1 cm³/mol. The summed E-state index contributed by atoms with van der Waals surface area (Å²) in [5.74, 6) is -0.582. The quantitative estimate of drug-likeness (QED) is 0.795. The Labute approximate surface area is 112 Å². The number of nitrogens with one attached hydrogen (secondary N) is 1. The average Bonchev–Trinajstić information content (AvgIpc) is 2.25. The maximum atomic E-state index is 11.2. The van der Waals surface area contributed by atoms with Crippen molar-refractivity contribution in [1.82, 2.24) is 0 Å². The Bertz CT molecular complexity index is 518. The molecule has 1 atom stereocenters. The lowest BCUT2D eigenvalue weighted by molar-refractivity contribution is -0.142. The van der Waals surface area contributed by atoms with Gasteiger partial charge in [0.25, 0.3) is 0 Å². The molecule has 0 bridgehead atoms. The van der Waals surface area contributed by atoms with Crippen LogP contribution >= 0.6 is 12.4 Å². The van der Waals surface area contributed by atoms with Crippen LogP contribution in [0.5, 0.6) is 0 Å². The van der Waals surface area contributed by atoms with Gasteiger partial charge < -0.3 is 10.5 Å². The Morgan fingerprint density at radius 3 is 2.56 bits per heavy atom. The highest BCUT2D eigenvalue weighted by Crippen LogP contribution is 2.17. The zero-order valence-electron chi connectivity index (χ0n) is 9.91. The summed E-state index contributed by atoms with van der Waals surface area (Å²) in [5.41, 5.74) is 6.46. The van der Waals surface area contributed by atoms with E-state index in [0.717, 1.165) is 6.26 Å². The molecule has 6 nitrogen and oxygen atoms in total. The molecule has 0 aliphatic rings. The zero-order chi connectivity index (χ0) is 13.1. The summed E-state index contributed by atoms with van der Waals surface area (Å²) in [5, 5.41) is 0. The Hall–Kier alpha value is -1.31. The van der Waals surface area contributed by atoms with Crippen LogP contribution in [0.1, 0.15) is 11.6 Å². The Morgan fingerprint density at radius 2 is 2.06 bits per heavy atom. The van der Waals surface area contributed by atoms with E-state index in [9.17, 15) is 13.2 Å². The number of methoxy groups -OCH3 is 1. The summed E-state index contributed by atoms with van der Waals surface area (Å²) >= 11 is 0. The molecule has 0 amide bonds. The third kappa shape index (κ3) is 4.91. The van der Waals surface area contributed by atoms with Crippen LogP contribution in [0.3, 0.4) is 0 Å². The smallest absolute Gasteiger partial charge is 0.327 e. The minimum Gasteiger partial charge on any atom is -0.468 e. The lowest BCUT2D eigenvalue weighted by Gasteiger charge is -2.11. The normalized spacial score (nSPS) is 12.2. The van der Waals surface area contributed by atoms with Crippen LogP contribution < -0.4 is 10.5 Å². The third-order valence-electron chi connectivity index (χ3n) is 2.00. The molecule has 3 N–H and O–H groups in total. The van der Waals surface area contributed by atoms with Crippen LogP contribution in [-0.2, 0) is 19.6 Å². The van der Waals surface area contributed by atoms with Crippen molar-refractivity contribution in [3.63, 3.8) is 0 Å². The number of nitrogens with two attached hydrogens (primary N) is 1. The Kier molecular flexibility index (Phi) is 6.10. The van der Waals surface area contributed by atoms with Gasteiger partial charge in [-0.05, 0) is 17.7 Å². The molecule has 0 heterocycles. The maximum Gasteiger partial charge on any atom is 0.327 e. The van der Waals surface area contributed by atoms with Crippen LogP contribution in [0.15, 0.2) is 24.3 Å². The molecule has 0 fully saturated rings. The second-order valence-electron chi connectivity index (χ2n) is 3.50. The van der Waals surface area contributed by atoms with Gasteiger partial charge >= 0.3 is 5.97 Å². The highest BCUT2D eigenvalue weighted by atomic mass is 35.5. The fourth-order valence-corrected chi connectivity index (χ4v) is 1.83. The van der Waals surface area contributed by atoms with E-state index in [2.05, 4.69) is 9.46 Å². The number of halogens is 1. The molecule has 0 aliphatic carbocycles. The topological polar surface area (TPSA) is 98.5 Å². The molecule has 102 valence electrons. The van der Waals surface area contributed by atoms with E-state index in [4.69, 9.17) is 5.73 Å². The number of benzene rings is 1. The molecule has 8 heteroatoms. The van der Waals surface area contributed by atoms with Crippen LogP contribution in [0.4, 0.5) is 5.69 Å². The number of esters is 1.